The van der Waals surface area contributed by atoms with Crippen molar-refractivity contribution in [3.05, 3.63) is 28.8 Å². The molecular weight excluding hydrogens is 557 g/mol. The molecule has 0 bridgehead atoms. The van der Waals surface area contributed by atoms with Gasteiger partial charge in [-0.05, 0) is 21.1 Å². The van der Waals surface area contributed by atoms with Gasteiger partial charge in [-0.3, -0.25) is 0 Å². The van der Waals surface area contributed by atoms with Gasteiger partial charge in [0.05, 0.1) is 8.07 Å². The first-order valence-corrected chi connectivity index (χ1v) is 40.0. The van der Waals surface area contributed by atoms with Crippen molar-refractivity contribution in [2.24, 2.45) is 0 Å². The Labute approximate surface area is 242 Å². The molecular formula is C30H68Si7. The van der Waals surface area contributed by atoms with Crippen LogP contribution in [0.4, 0.5) is 0 Å². The molecule has 216 valence electrons. The van der Waals surface area contributed by atoms with Crippen molar-refractivity contribution in [1.82, 2.24) is 0 Å². The molecule has 0 spiro atoms. The van der Waals surface area contributed by atoms with E-state index in [-0.39, 0.29) is 0 Å². The molecule has 0 saturated heterocycles. The summed E-state index contributed by atoms with van der Waals surface area (Å²) in [5.41, 5.74) is 5.51. The van der Waals surface area contributed by atoms with Crippen LogP contribution in [0.15, 0.2) is 12.1 Å². The van der Waals surface area contributed by atoms with Crippen LogP contribution < -0.4 is 5.19 Å². The Morgan fingerprint density at radius 2 is 0.568 bits per heavy atom. The Hall–Kier alpha value is 0.738. The monoisotopic (exact) mass is 624 g/mol. The summed E-state index contributed by atoms with van der Waals surface area (Å²) in [6.45, 7) is 56.1. The Bertz CT molecular complexity index is 837. The van der Waals surface area contributed by atoms with Crippen molar-refractivity contribution >= 4 is 61.7 Å². The molecule has 1 aromatic carbocycles. The molecule has 0 aliphatic heterocycles. The van der Waals surface area contributed by atoms with Crippen molar-refractivity contribution in [3.8, 4) is 0 Å². The Morgan fingerprint density at radius 1 is 0.351 bits per heavy atom. The van der Waals surface area contributed by atoms with E-state index in [0.717, 1.165) is 15.5 Å². The smallest absolute Gasteiger partial charge is 0.0693 e. The molecule has 0 fully saturated rings. The van der Waals surface area contributed by atoms with E-state index < -0.39 is 56.5 Å². The molecule has 0 heterocycles. The van der Waals surface area contributed by atoms with Crippen LogP contribution in [0.1, 0.15) is 32.2 Å². The lowest BCUT2D eigenvalue weighted by Crippen LogP contribution is -2.56. The second-order valence-electron chi connectivity index (χ2n) is 19.8. The molecule has 0 radical (unpaired) electrons. The fourth-order valence-electron chi connectivity index (χ4n) is 8.96. The lowest BCUT2D eigenvalue weighted by Gasteiger charge is -2.47. The van der Waals surface area contributed by atoms with E-state index in [9.17, 15) is 0 Å². The predicted octanol–water partition coefficient (Wildman–Crippen LogP) is 10.7. The van der Waals surface area contributed by atoms with Gasteiger partial charge in [0.2, 0.25) is 0 Å². The van der Waals surface area contributed by atoms with Gasteiger partial charge < -0.3 is 0 Å². The largest absolute Gasteiger partial charge is 0.0782 e. The summed E-state index contributed by atoms with van der Waals surface area (Å²) in [5, 5.41) is 4.34. The van der Waals surface area contributed by atoms with Crippen LogP contribution in [-0.4, -0.2) is 56.5 Å². The average Bonchev–Trinajstić information content (AvgIpc) is 2.43. The van der Waals surface area contributed by atoms with Crippen LogP contribution in [0, 0.1) is 0 Å². The van der Waals surface area contributed by atoms with Crippen LogP contribution in [-0.2, 0) is 0 Å². The fourth-order valence-corrected chi connectivity index (χ4v) is 49.9. The first-order chi connectivity index (χ1) is 15.8. The first-order valence-electron chi connectivity index (χ1n) is 15.0. The maximum Gasteiger partial charge on any atom is 0.0782 e. The zero-order valence-corrected chi connectivity index (χ0v) is 36.4. The molecule has 0 aromatic heterocycles. The van der Waals surface area contributed by atoms with E-state index in [1.807, 2.05) is 16.3 Å². The third-order valence-electron chi connectivity index (χ3n) is 8.12. The molecule has 1 aromatic rings. The minimum atomic E-state index is -1.60. The highest BCUT2D eigenvalue weighted by Gasteiger charge is 2.47. The minimum Gasteiger partial charge on any atom is -0.0693 e. The molecule has 0 atom stereocenters. The van der Waals surface area contributed by atoms with E-state index in [2.05, 4.69) is 150 Å². The number of benzene rings is 1. The highest BCUT2D eigenvalue weighted by molar-refractivity contribution is 6.99. The zero-order valence-electron chi connectivity index (χ0n) is 29.4. The molecule has 1 rings (SSSR count). The molecule has 0 amide bonds. The van der Waals surface area contributed by atoms with Crippen molar-refractivity contribution in [1.29, 1.82) is 0 Å². The van der Waals surface area contributed by atoms with Gasteiger partial charge in [-0.25, -0.2) is 0 Å². The second-order valence-corrected chi connectivity index (χ2v) is 58.4. The molecule has 0 unspecified atom stereocenters. The SMILES string of the molecule is C[Si](C)(C)c1c(C([Si](C)(C)C)[Si](C)(C)C)cc(C([Si](C)(C)C)[Si](C)(C)C)cc1C([Si](C)(C)C)[Si](C)(C)C. The Kier molecular flexibility index (Phi) is 10.5. The summed E-state index contributed by atoms with van der Waals surface area (Å²) in [7, 11) is -10.2. The highest BCUT2D eigenvalue weighted by Crippen LogP contribution is 2.44. The van der Waals surface area contributed by atoms with E-state index in [4.69, 9.17) is 0 Å². The highest BCUT2D eigenvalue weighted by atomic mass is 28.4. The van der Waals surface area contributed by atoms with Gasteiger partial charge in [-0.1, -0.05) is 166 Å². The molecule has 0 aliphatic rings. The molecule has 37 heavy (non-hydrogen) atoms. The molecule has 0 N–H and O–H groups in total. The van der Waals surface area contributed by atoms with Gasteiger partial charge in [-0.2, -0.15) is 0 Å². The number of hydrogen-bond acceptors (Lipinski definition) is 0. The normalized spacial score (nSPS) is 15.4. The summed E-state index contributed by atoms with van der Waals surface area (Å²) in [6.07, 6.45) is 0. The minimum absolute atomic E-state index is 0.807. The summed E-state index contributed by atoms with van der Waals surface area (Å²) in [5.74, 6) is 0. The lowest BCUT2D eigenvalue weighted by molar-refractivity contribution is 1.09. The lowest BCUT2D eigenvalue weighted by atomic mass is 10.1. The summed E-state index contributed by atoms with van der Waals surface area (Å²) in [6, 6.07) is 5.76. The van der Waals surface area contributed by atoms with Gasteiger partial charge in [0.15, 0.2) is 0 Å². The Balaban J connectivity index is 4.62. The zero-order chi connectivity index (χ0) is 30.0. The Morgan fingerprint density at radius 3 is 0.730 bits per heavy atom. The molecule has 0 aliphatic carbocycles. The number of hydrogen-bond donors (Lipinski definition) is 0. The van der Waals surface area contributed by atoms with Gasteiger partial charge in [-0.15, -0.1) is 0 Å². The molecule has 0 saturated carbocycles. The first kappa shape index (κ1) is 35.8. The topological polar surface area (TPSA) is 0 Å². The van der Waals surface area contributed by atoms with Gasteiger partial charge in [0.1, 0.15) is 0 Å². The summed E-state index contributed by atoms with van der Waals surface area (Å²) < 4.78 is 0. The third-order valence-corrected chi connectivity index (χ3v) is 38.1. The molecule has 7 heteroatoms. The predicted molar refractivity (Wildman–Crippen MR) is 198 cm³/mol. The van der Waals surface area contributed by atoms with E-state index in [1.54, 1.807) is 5.56 Å². The van der Waals surface area contributed by atoms with Crippen LogP contribution in [0.3, 0.4) is 0 Å². The quantitative estimate of drug-likeness (QED) is 0.227. The standard InChI is InChI=1S/C30H68Si7/c1-31(2,3)27-25(29(34(10,11)12)35(13,14)15)22-24(28(32(4,5)6)33(7,8)9)23-26(27)30(36(16,17)18)37(19,20)21/h22-23,28-30H,1-21H3. The van der Waals surface area contributed by atoms with Crippen molar-refractivity contribution in [2.45, 2.75) is 153 Å². The fraction of sp³-hybridized carbons (Fsp3) is 0.800. The van der Waals surface area contributed by atoms with E-state index in [1.165, 1.54) is 0 Å². The van der Waals surface area contributed by atoms with E-state index >= 15 is 0 Å². The maximum atomic E-state index is 2.88. The van der Waals surface area contributed by atoms with Crippen LogP contribution >= 0.6 is 0 Å². The maximum absolute atomic E-state index is 2.88. The second kappa shape index (κ2) is 10.9. The van der Waals surface area contributed by atoms with Crippen molar-refractivity contribution < 1.29 is 0 Å². The van der Waals surface area contributed by atoms with Gasteiger partial charge in [0, 0.05) is 48.4 Å². The van der Waals surface area contributed by atoms with Gasteiger partial charge >= 0.3 is 0 Å². The third kappa shape index (κ3) is 8.86. The summed E-state index contributed by atoms with van der Waals surface area (Å²) >= 11 is 0. The van der Waals surface area contributed by atoms with Crippen LogP contribution in [0.2, 0.25) is 137 Å². The summed E-state index contributed by atoms with van der Waals surface area (Å²) in [4.78, 5) is 0. The van der Waals surface area contributed by atoms with Crippen LogP contribution in [0.5, 0.6) is 0 Å². The van der Waals surface area contributed by atoms with Crippen molar-refractivity contribution in [3.63, 3.8) is 0 Å². The number of rotatable bonds is 10. The van der Waals surface area contributed by atoms with E-state index in [0.29, 0.717) is 0 Å². The molecule has 0 nitrogen and oxygen atoms in total. The average molecular weight is 625 g/mol. The van der Waals surface area contributed by atoms with Crippen molar-refractivity contribution in [2.75, 3.05) is 0 Å². The van der Waals surface area contributed by atoms with Crippen LogP contribution in [0.25, 0.3) is 0 Å². The van der Waals surface area contributed by atoms with Gasteiger partial charge in [0.25, 0.3) is 0 Å².